The Kier molecular flexibility index (Phi) is 6.18. The van der Waals surface area contributed by atoms with Crippen LogP contribution in [-0.2, 0) is 29.7 Å². The summed E-state index contributed by atoms with van der Waals surface area (Å²) in [5.41, 5.74) is 3.49. The molecule has 2 N–H and O–H groups in total. The van der Waals surface area contributed by atoms with Gasteiger partial charge in [-0.1, -0.05) is 35.9 Å². The van der Waals surface area contributed by atoms with Gasteiger partial charge in [0.1, 0.15) is 5.82 Å². The predicted molar refractivity (Wildman–Crippen MR) is 103 cm³/mol. The molecule has 3 aromatic rings. The number of halogens is 1. The lowest BCUT2D eigenvalue weighted by Crippen LogP contribution is -2.18. The summed E-state index contributed by atoms with van der Waals surface area (Å²) in [4.78, 5) is 7.53. The van der Waals surface area contributed by atoms with Gasteiger partial charge in [0, 0.05) is 29.9 Å². The summed E-state index contributed by atoms with van der Waals surface area (Å²) < 4.78 is 15.2. The number of rotatable bonds is 7. The van der Waals surface area contributed by atoms with Crippen molar-refractivity contribution in [1.29, 1.82) is 5.26 Å². The number of hydrogen-bond acceptors (Lipinski definition) is 3. The zero-order valence-corrected chi connectivity index (χ0v) is 15.5. The molecule has 7 heteroatoms. The van der Waals surface area contributed by atoms with Gasteiger partial charge in [-0.05, 0) is 35.4 Å². The van der Waals surface area contributed by atoms with Crippen molar-refractivity contribution < 1.29 is 4.21 Å². The van der Waals surface area contributed by atoms with Crippen molar-refractivity contribution in [3.05, 3.63) is 88.0 Å². The van der Waals surface area contributed by atoms with Crippen LogP contribution >= 0.6 is 11.6 Å². The number of imidazole rings is 1. The molecule has 0 aliphatic carbocycles. The van der Waals surface area contributed by atoms with Gasteiger partial charge in [0.2, 0.25) is 0 Å². The van der Waals surface area contributed by atoms with Crippen LogP contribution in [0.15, 0.2) is 54.7 Å². The minimum atomic E-state index is -1.22. The molecule has 0 aliphatic rings. The van der Waals surface area contributed by atoms with E-state index in [1.54, 1.807) is 18.3 Å². The summed E-state index contributed by atoms with van der Waals surface area (Å²) in [6, 6.07) is 16.9. The van der Waals surface area contributed by atoms with Gasteiger partial charge in [-0.2, -0.15) is 5.26 Å². The second kappa shape index (κ2) is 8.77. The Morgan fingerprint density at radius 3 is 2.73 bits per heavy atom. The molecular weight excluding hydrogens is 368 g/mol. The number of aromatic nitrogens is 2. The molecule has 0 aliphatic heterocycles. The Morgan fingerprint density at radius 1 is 1.19 bits per heavy atom. The topological polar surface area (TPSA) is 81.6 Å². The van der Waals surface area contributed by atoms with Gasteiger partial charge in [0.25, 0.3) is 0 Å². The molecule has 132 valence electrons. The molecule has 0 saturated heterocycles. The van der Waals surface area contributed by atoms with Crippen LogP contribution < -0.4 is 4.72 Å². The normalized spacial score (nSPS) is 11.8. The number of hydrogen-bond donors (Lipinski definition) is 2. The van der Waals surface area contributed by atoms with Crippen LogP contribution in [0.4, 0.5) is 0 Å². The van der Waals surface area contributed by atoms with Crippen LogP contribution in [0, 0.1) is 11.3 Å². The molecule has 0 bridgehead atoms. The second-order valence-corrected chi connectivity index (χ2v) is 7.49. The predicted octanol–water partition coefficient (Wildman–Crippen LogP) is 3.48. The van der Waals surface area contributed by atoms with Gasteiger partial charge in [-0.25, -0.2) is 13.9 Å². The molecule has 0 fully saturated rings. The number of nitrogens with one attached hydrogen (secondary N) is 2. The Labute approximate surface area is 159 Å². The highest BCUT2D eigenvalue weighted by molar-refractivity contribution is 7.82. The van der Waals surface area contributed by atoms with E-state index in [2.05, 4.69) is 20.8 Å². The lowest BCUT2D eigenvalue weighted by molar-refractivity contribution is 0.670. The van der Waals surface area contributed by atoms with Gasteiger partial charge in [0.05, 0.1) is 28.4 Å². The molecule has 0 radical (unpaired) electrons. The first-order valence-corrected chi connectivity index (χ1v) is 9.70. The van der Waals surface area contributed by atoms with Crippen LogP contribution in [-0.4, -0.2) is 14.2 Å². The highest BCUT2D eigenvalue weighted by Gasteiger charge is 2.07. The molecule has 0 spiro atoms. The zero-order chi connectivity index (χ0) is 18.4. The van der Waals surface area contributed by atoms with Crippen molar-refractivity contribution in [2.24, 2.45) is 0 Å². The van der Waals surface area contributed by atoms with Gasteiger partial charge >= 0.3 is 0 Å². The number of aromatic amines is 1. The van der Waals surface area contributed by atoms with Crippen LogP contribution in [0.25, 0.3) is 0 Å². The van der Waals surface area contributed by atoms with Crippen LogP contribution in [0.1, 0.15) is 28.2 Å². The summed E-state index contributed by atoms with van der Waals surface area (Å²) in [7, 11) is -1.22. The van der Waals surface area contributed by atoms with Gasteiger partial charge in [-0.15, -0.1) is 0 Å². The van der Waals surface area contributed by atoms with Crippen LogP contribution in [0.2, 0.25) is 5.02 Å². The summed E-state index contributed by atoms with van der Waals surface area (Å²) in [5.74, 6) is 1.15. The molecule has 1 atom stereocenters. The van der Waals surface area contributed by atoms with Gasteiger partial charge < -0.3 is 4.98 Å². The molecule has 5 nitrogen and oxygen atoms in total. The summed E-state index contributed by atoms with van der Waals surface area (Å²) >= 11 is 5.94. The largest absolute Gasteiger partial charge is 0.345 e. The third-order valence-electron chi connectivity index (χ3n) is 3.75. The Balaban J connectivity index is 1.52. The summed E-state index contributed by atoms with van der Waals surface area (Å²) in [6.45, 7) is 0.486. The molecule has 1 aromatic heterocycles. The third kappa shape index (κ3) is 5.27. The minimum absolute atomic E-state index is 0.348. The SMILES string of the molecule is N#Cc1ccc(Cc2ncc(CS(=O)NCc3cccc(Cl)c3)[nH]2)cc1. The van der Waals surface area contributed by atoms with Crippen LogP contribution in [0.5, 0.6) is 0 Å². The molecule has 26 heavy (non-hydrogen) atoms. The van der Waals surface area contributed by atoms with Crippen molar-refractivity contribution in [1.82, 2.24) is 14.7 Å². The molecule has 0 amide bonds. The standard InChI is InChI=1S/C19H17ClN4OS/c20-17-3-1-2-16(8-17)11-23-26(25)13-18-12-22-19(24-18)9-14-4-6-15(10-21)7-5-14/h1-8,12,23H,9,11,13H2,(H,22,24). The molecule has 2 aromatic carbocycles. The van der Waals surface area contributed by atoms with E-state index in [4.69, 9.17) is 16.9 Å². The highest BCUT2D eigenvalue weighted by Crippen LogP contribution is 2.11. The first kappa shape index (κ1) is 18.3. The maximum Gasteiger partial charge on any atom is 0.110 e. The highest BCUT2D eigenvalue weighted by atomic mass is 35.5. The number of nitrogens with zero attached hydrogens (tertiary/aromatic N) is 2. The van der Waals surface area contributed by atoms with Crippen molar-refractivity contribution in [2.45, 2.75) is 18.7 Å². The number of benzene rings is 2. The first-order valence-electron chi connectivity index (χ1n) is 8.00. The average molecular weight is 385 g/mol. The fourth-order valence-electron chi connectivity index (χ4n) is 2.46. The average Bonchev–Trinajstić information content (AvgIpc) is 3.07. The molecule has 0 saturated carbocycles. The van der Waals surface area contributed by atoms with E-state index in [9.17, 15) is 4.21 Å². The smallest absolute Gasteiger partial charge is 0.110 e. The van der Waals surface area contributed by atoms with E-state index >= 15 is 0 Å². The Hall–Kier alpha value is -2.46. The van der Waals surface area contributed by atoms with E-state index in [-0.39, 0.29) is 0 Å². The lowest BCUT2D eigenvalue weighted by atomic mass is 10.1. The van der Waals surface area contributed by atoms with Crippen LogP contribution in [0.3, 0.4) is 0 Å². The van der Waals surface area contributed by atoms with Gasteiger partial charge in [0.15, 0.2) is 0 Å². The second-order valence-electron chi connectivity index (χ2n) is 5.78. The van der Waals surface area contributed by atoms with Crippen molar-refractivity contribution in [3.63, 3.8) is 0 Å². The molecule has 1 unspecified atom stereocenters. The Bertz CT molecular complexity index is 947. The number of H-pyrrole nitrogens is 1. The monoisotopic (exact) mass is 384 g/mol. The van der Waals surface area contributed by atoms with E-state index in [0.29, 0.717) is 29.3 Å². The fourth-order valence-corrected chi connectivity index (χ4v) is 3.53. The maximum atomic E-state index is 12.2. The van der Waals surface area contributed by atoms with Crippen molar-refractivity contribution >= 4 is 22.6 Å². The molecular formula is C19H17ClN4OS. The van der Waals surface area contributed by atoms with Crippen molar-refractivity contribution in [3.8, 4) is 6.07 Å². The summed E-state index contributed by atoms with van der Waals surface area (Å²) in [5, 5.41) is 9.49. The summed E-state index contributed by atoms with van der Waals surface area (Å²) in [6.07, 6.45) is 2.34. The zero-order valence-electron chi connectivity index (χ0n) is 13.9. The molecule has 1 heterocycles. The molecule has 3 rings (SSSR count). The quantitative estimate of drug-likeness (QED) is 0.654. The fraction of sp³-hybridized carbons (Fsp3) is 0.158. The first-order chi connectivity index (χ1) is 12.6. The minimum Gasteiger partial charge on any atom is -0.345 e. The number of nitriles is 1. The van der Waals surface area contributed by atoms with Crippen molar-refractivity contribution in [2.75, 3.05) is 0 Å². The van der Waals surface area contributed by atoms with E-state index < -0.39 is 11.0 Å². The lowest BCUT2D eigenvalue weighted by Gasteiger charge is -2.04. The van der Waals surface area contributed by atoms with E-state index in [1.807, 2.05) is 36.4 Å². The maximum absolute atomic E-state index is 12.2. The van der Waals surface area contributed by atoms with E-state index in [1.165, 1.54) is 0 Å². The third-order valence-corrected chi connectivity index (χ3v) is 5.02. The Morgan fingerprint density at radius 2 is 2.00 bits per heavy atom. The van der Waals surface area contributed by atoms with Gasteiger partial charge in [-0.3, -0.25) is 0 Å². The van der Waals surface area contributed by atoms with E-state index in [0.717, 1.165) is 22.6 Å².